The average molecular weight is 403 g/mol. The molecule has 1 saturated heterocycles. The van der Waals surface area contributed by atoms with E-state index in [1.165, 1.54) is 4.88 Å². The zero-order valence-corrected chi connectivity index (χ0v) is 17.3. The number of aliphatic imine (C=N–C) groups is 1. The van der Waals surface area contributed by atoms with Gasteiger partial charge in [0.15, 0.2) is 5.96 Å². The van der Waals surface area contributed by atoms with E-state index in [0.717, 1.165) is 63.1 Å². The van der Waals surface area contributed by atoms with Crippen LogP contribution < -0.4 is 15.4 Å². The molecule has 2 aromatic rings. The van der Waals surface area contributed by atoms with Crippen molar-refractivity contribution in [3.05, 3.63) is 52.2 Å². The topological polar surface area (TPSA) is 58.1 Å². The number of hydrogen-bond donors (Lipinski definition) is 2. The summed E-state index contributed by atoms with van der Waals surface area (Å²) >= 11 is 1.78. The van der Waals surface area contributed by atoms with Gasteiger partial charge in [0, 0.05) is 50.2 Å². The number of thiophene rings is 1. The fraction of sp³-hybridized carbons (Fsp3) is 0.476. The molecule has 152 valence electrons. The van der Waals surface area contributed by atoms with Crippen LogP contribution in [0.3, 0.4) is 0 Å². The van der Waals surface area contributed by atoms with Crippen LogP contribution in [0, 0.1) is 0 Å². The van der Waals surface area contributed by atoms with Gasteiger partial charge >= 0.3 is 0 Å². The third kappa shape index (κ3) is 6.82. The van der Waals surface area contributed by atoms with E-state index in [2.05, 4.69) is 44.1 Å². The number of nitrogens with one attached hydrogen (secondary N) is 2. The number of benzene rings is 1. The van der Waals surface area contributed by atoms with Gasteiger partial charge in [-0.1, -0.05) is 24.3 Å². The molecule has 0 atom stereocenters. The number of nitrogens with zero attached hydrogens (tertiary/aromatic N) is 2. The fourth-order valence-corrected chi connectivity index (χ4v) is 3.77. The lowest BCUT2D eigenvalue weighted by molar-refractivity contribution is 0.0322. The van der Waals surface area contributed by atoms with Crippen molar-refractivity contribution in [2.24, 2.45) is 4.99 Å². The summed E-state index contributed by atoms with van der Waals surface area (Å²) in [5.41, 5.74) is 1.13. The number of morpholine rings is 1. The smallest absolute Gasteiger partial charge is 0.191 e. The Bertz CT molecular complexity index is 715. The molecule has 6 nitrogen and oxygen atoms in total. The normalized spacial score (nSPS) is 15.4. The van der Waals surface area contributed by atoms with Crippen LogP contribution >= 0.6 is 11.3 Å². The molecule has 0 bridgehead atoms. The molecule has 0 saturated carbocycles. The van der Waals surface area contributed by atoms with Crippen LogP contribution in [-0.2, 0) is 17.7 Å². The van der Waals surface area contributed by atoms with Gasteiger partial charge in [-0.05, 0) is 23.9 Å². The van der Waals surface area contributed by atoms with Gasteiger partial charge < -0.3 is 20.1 Å². The maximum absolute atomic E-state index is 6.05. The Hall–Kier alpha value is -2.09. The van der Waals surface area contributed by atoms with Gasteiger partial charge in [-0.15, -0.1) is 11.3 Å². The monoisotopic (exact) mass is 402 g/mol. The second-order valence-corrected chi connectivity index (χ2v) is 7.62. The zero-order chi connectivity index (χ0) is 19.4. The van der Waals surface area contributed by atoms with Gasteiger partial charge in [0.25, 0.3) is 0 Å². The molecule has 2 heterocycles. The van der Waals surface area contributed by atoms with Crippen LogP contribution in [0.25, 0.3) is 0 Å². The third-order valence-corrected chi connectivity index (χ3v) is 5.59. The summed E-state index contributed by atoms with van der Waals surface area (Å²) in [5, 5.41) is 8.86. The minimum Gasteiger partial charge on any atom is -0.492 e. The molecule has 1 aromatic carbocycles. The van der Waals surface area contributed by atoms with Crippen molar-refractivity contribution in [3.8, 4) is 5.75 Å². The van der Waals surface area contributed by atoms with Crippen LogP contribution in [0.15, 0.2) is 46.8 Å². The van der Waals surface area contributed by atoms with E-state index in [0.29, 0.717) is 13.2 Å². The van der Waals surface area contributed by atoms with E-state index in [9.17, 15) is 0 Å². The van der Waals surface area contributed by atoms with Gasteiger partial charge in [-0.25, -0.2) is 0 Å². The van der Waals surface area contributed by atoms with E-state index in [1.54, 1.807) is 18.4 Å². The summed E-state index contributed by atoms with van der Waals surface area (Å²) in [5.74, 6) is 1.73. The van der Waals surface area contributed by atoms with Crippen LogP contribution in [0.4, 0.5) is 0 Å². The predicted molar refractivity (Wildman–Crippen MR) is 115 cm³/mol. The number of guanidine groups is 1. The number of ether oxygens (including phenoxy) is 2. The predicted octanol–water partition coefficient (Wildman–Crippen LogP) is 2.37. The van der Waals surface area contributed by atoms with Crippen molar-refractivity contribution in [2.45, 2.75) is 13.0 Å². The molecule has 2 N–H and O–H groups in total. The molecule has 0 radical (unpaired) electrons. The van der Waals surface area contributed by atoms with E-state index in [-0.39, 0.29) is 0 Å². The number of hydrogen-bond acceptors (Lipinski definition) is 5. The molecule has 7 heteroatoms. The Morgan fingerprint density at radius 2 is 2.04 bits per heavy atom. The minimum atomic E-state index is 0.673. The highest BCUT2D eigenvalue weighted by Crippen LogP contribution is 2.17. The maximum Gasteiger partial charge on any atom is 0.191 e. The van der Waals surface area contributed by atoms with Crippen molar-refractivity contribution in [1.29, 1.82) is 0 Å². The lowest BCUT2D eigenvalue weighted by Gasteiger charge is -2.26. The summed E-state index contributed by atoms with van der Waals surface area (Å²) in [7, 11) is 1.80. The van der Waals surface area contributed by atoms with Crippen molar-refractivity contribution >= 4 is 17.3 Å². The minimum absolute atomic E-state index is 0.673. The quantitative estimate of drug-likeness (QED) is 0.498. The van der Waals surface area contributed by atoms with Crippen LogP contribution in [-0.4, -0.2) is 63.9 Å². The third-order valence-electron chi connectivity index (χ3n) is 4.66. The summed E-state index contributed by atoms with van der Waals surface area (Å²) in [6.45, 7) is 6.75. The highest BCUT2D eigenvalue weighted by atomic mass is 32.1. The molecule has 1 aromatic heterocycles. The van der Waals surface area contributed by atoms with Gasteiger partial charge in [0.05, 0.1) is 13.2 Å². The van der Waals surface area contributed by atoms with Crippen molar-refractivity contribution < 1.29 is 9.47 Å². The zero-order valence-electron chi connectivity index (χ0n) is 16.5. The van der Waals surface area contributed by atoms with Crippen molar-refractivity contribution in [3.63, 3.8) is 0 Å². The fourth-order valence-electron chi connectivity index (χ4n) is 3.06. The molecule has 0 aliphatic carbocycles. The van der Waals surface area contributed by atoms with Crippen LogP contribution in [0.1, 0.15) is 10.4 Å². The van der Waals surface area contributed by atoms with E-state index in [4.69, 9.17) is 9.47 Å². The Morgan fingerprint density at radius 3 is 2.82 bits per heavy atom. The molecular weight excluding hydrogens is 372 g/mol. The Kier molecular flexibility index (Phi) is 8.61. The number of rotatable bonds is 9. The molecule has 1 aliphatic heterocycles. The maximum atomic E-state index is 6.05. The Balaban J connectivity index is 1.42. The summed E-state index contributed by atoms with van der Waals surface area (Å²) < 4.78 is 11.4. The Morgan fingerprint density at radius 1 is 1.18 bits per heavy atom. The lowest BCUT2D eigenvalue weighted by atomic mass is 10.2. The molecule has 3 rings (SSSR count). The summed E-state index contributed by atoms with van der Waals surface area (Å²) in [4.78, 5) is 8.07. The highest BCUT2D eigenvalue weighted by molar-refractivity contribution is 7.09. The second kappa shape index (κ2) is 11.7. The van der Waals surface area contributed by atoms with Crippen molar-refractivity contribution in [2.75, 3.05) is 53.0 Å². The highest BCUT2D eigenvalue weighted by Gasteiger charge is 2.10. The first-order valence-electron chi connectivity index (χ1n) is 9.83. The molecular formula is C21H30N4O2S. The summed E-state index contributed by atoms with van der Waals surface area (Å²) in [6, 6.07) is 12.4. The standard InChI is InChI=1S/C21H30N4O2S/c1-22-21(23-9-8-19-6-4-16-28-19)24-17-18-5-2-3-7-20(18)27-15-12-25-10-13-26-14-11-25/h2-7,16H,8-15,17H2,1H3,(H2,22,23,24). The first kappa shape index (κ1) is 20.6. The van der Waals surface area contributed by atoms with Gasteiger partial charge in [0.2, 0.25) is 0 Å². The van der Waals surface area contributed by atoms with Gasteiger partial charge in [-0.2, -0.15) is 0 Å². The molecule has 1 aliphatic rings. The molecule has 0 unspecified atom stereocenters. The van der Waals surface area contributed by atoms with Crippen LogP contribution in [0.2, 0.25) is 0 Å². The second-order valence-electron chi connectivity index (χ2n) is 6.59. The largest absolute Gasteiger partial charge is 0.492 e. The van der Waals surface area contributed by atoms with Crippen molar-refractivity contribution in [1.82, 2.24) is 15.5 Å². The van der Waals surface area contributed by atoms with E-state index < -0.39 is 0 Å². The Labute approximate surface area is 171 Å². The lowest BCUT2D eigenvalue weighted by Crippen LogP contribution is -2.39. The molecule has 0 spiro atoms. The average Bonchev–Trinajstić information content (AvgIpc) is 3.26. The molecule has 1 fully saturated rings. The SMILES string of the molecule is CN=C(NCCc1cccs1)NCc1ccccc1OCCN1CCOCC1. The van der Waals surface area contributed by atoms with E-state index in [1.807, 2.05) is 18.2 Å². The molecule has 28 heavy (non-hydrogen) atoms. The molecule has 0 amide bonds. The first-order chi connectivity index (χ1) is 13.8. The van der Waals surface area contributed by atoms with Crippen LogP contribution in [0.5, 0.6) is 5.75 Å². The summed E-state index contributed by atoms with van der Waals surface area (Å²) in [6.07, 6.45) is 1.000. The van der Waals surface area contributed by atoms with E-state index >= 15 is 0 Å². The number of para-hydroxylation sites is 1. The first-order valence-corrected chi connectivity index (χ1v) is 10.7. The van der Waals surface area contributed by atoms with Gasteiger partial charge in [-0.3, -0.25) is 9.89 Å². The van der Waals surface area contributed by atoms with Gasteiger partial charge in [0.1, 0.15) is 12.4 Å².